The fourth-order valence-electron chi connectivity index (χ4n) is 0.743. The van der Waals surface area contributed by atoms with E-state index in [1.807, 2.05) is 6.07 Å². The summed E-state index contributed by atoms with van der Waals surface area (Å²) in [6.07, 6.45) is 1.33. The summed E-state index contributed by atoms with van der Waals surface area (Å²) >= 11 is 0. The van der Waals surface area contributed by atoms with Crippen LogP contribution in [0.1, 0.15) is 5.76 Å². The van der Waals surface area contributed by atoms with Gasteiger partial charge < -0.3 is 13.9 Å². The monoisotopic (exact) mass is 153 g/mol. The minimum Gasteiger partial charge on any atom is -0.490 e. The molecular formula is C7H7NO3. The van der Waals surface area contributed by atoms with E-state index in [9.17, 15) is 0 Å². The van der Waals surface area contributed by atoms with Gasteiger partial charge in [-0.05, 0) is 0 Å². The lowest BCUT2D eigenvalue weighted by Crippen LogP contribution is -1.87. The van der Waals surface area contributed by atoms with Crippen LogP contribution in [0.2, 0.25) is 0 Å². The molecule has 0 radical (unpaired) electrons. The first-order chi connectivity index (χ1) is 5.33. The molecule has 0 spiro atoms. The lowest BCUT2D eigenvalue weighted by atomic mass is 10.4. The smallest absolute Gasteiger partial charge is 0.249 e. The van der Waals surface area contributed by atoms with Crippen LogP contribution < -0.4 is 9.47 Å². The summed E-state index contributed by atoms with van der Waals surface area (Å²) in [5, 5.41) is 8.48. The van der Waals surface area contributed by atoms with Gasteiger partial charge in [0.25, 0.3) is 0 Å². The van der Waals surface area contributed by atoms with E-state index in [1.54, 1.807) is 0 Å². The highest BCUT2D eigenvalue weighted by Gasteiger charge is 2.13. The first-order valence-corrected chi connectivity index (χ1v) is 2.93. The zero-order chi connectivity index (χ0) is 8.27. The van der Waals surface area contributed by atoms with Gasteiger partial charge in [-0.25, -0.2) is 0 Å². The number of hydrogen-bond acceptors (Lipinski definition) is 4. The summed E-state index contributed by atoms with van der Waals surface area (Å²) in [6.45, 7) is 0. The number of rotatable bonds is 2. The number of nitriles is 1. The molecule has 0 amide bonds. The van der Waals surface area contributed by atoms with Crippen LogP contribution >= 0.6 is 0 Å². The molecule has 11 heavy (non-hydrogen) atoms. The van der Waals surface area contributed by atoms with Crippen LogP contribution in [-0.2, 0) is 0 Å². The third-order valence-corrected chi connectivity index (χ3v) is 1.24. The highest BCUT2D eigenvalue weighted by atomic mass is 16.5. The zero-order valence-electron chi connectivity index (χ0n) is 6.25. The quantitative estimate of drug-likeness (QED) is 0.639. The number of nitrogens with zero attached hydrogens (tertiary/aromatic N) is 1. The Morgan fingerprint density at radius 3 is 2.64 bits per heavy atom. The molecule has 1 aromatic rings. The Morgan fingerprint density at radius 2 is 2.18 bits per heavy atom. The van der Waals surface area contributed by atoms with Gasteiger partial charge in [-0.2, -0.15) is 5.26 Å². The highest BCUT2D eigenvalue weighted by Crippen LogP contribution is 2.31. The van der Waals surface area contributed by atoms with Crippen molar-refractivity contribution in [3.63, 3.8) is 0 Å². The van der Waals surface area contributed by atoms with E-state index in [1.165, 1.54) is 20.5 Å². The molecule has 0 bridgehead atoms. The Kier molecular flexibility index (Phi) is 2.02. The molecule has 4 heteroatoms. The molecule has 0 atom stereocenters. The predicted octanol–water partition coefficient (Wildman–Crippen LogP) is 1.17. The van der Waals surface area contributed by atoms with E-state index < -0.39 is 0 Å². The number of furan rings is 1. The molecule has 1 aromatic heterocycles. The summed E-state index contributed by atoms with van der Waals surface area (Å²) < 4.78 is 14.5. The lowest BCUT2D eigenvalue weighted by molar-refractivity contribution is 0.357. The minimum absolute atomic E-state index is 0.129. The molecule has 0 aliphatic carbocycles. The normalized spacial score (nSPS) is 8.82. The van der Waals surface area contributed by atoms with Gasteiger partial charge in [0.1, 0.15) is 12.3 Å². The average molecular weight is 153 g/mol. The molecule has 0 N–H and O–H groups in total. The summed E-state index contributed by atoms with van der Waals surface area (Å²) in [7, 11) is 2.93. The summed E-state index contributed by atoms with van der Waals surface area (Å²) in [4.78, 5) is 0. The maximum absolute atomic E-state index is 8.48. The molecule has 1 heterocycles. The highest BCUT2D eigenvalue weighted by molar-refractivity contribution is 5.46. The van der Waals surface area contributed by atoms with Crippen LogP contribution in [0.5, 0.6) is 11.5 Å². The molecule has 58 valence electrons. The largest absolute Gasteiger partial charge is 0.490 e. The second-order valence-corrected chi connectivity index (χ2v) is 1.78. The van der Waals surface area contributed by atoms with Gasteiger partial charge in [-0.15, -0.1) is 0 Å². The second-order valence-electron chi connectivity index (χ2n) is 1.78. The van der Waals surface area contributed by atoms with Gasteiger partial charge in [0.2, 0.25) is 17.3 Å². The fourth-order valence-corrected chi connectivity index (χ4v) is 0.743. The Hall–Kier alpha value is -1.63. The van der Waals surface area contributed by atoms with Gasteiger partial charge in [-0.1, -0.05) is 0 Å². The predicted molar refractivity (Wildman–Crippen MR) is 36.5 cm³/mol. The molecule has 4 nitrogen and oxygen atoms in total. The maximum atomic E-state index is 8.48. The van der Waals surface area contributed by atoms with Gasteiger partial charge in [-0.3, -0.25) is 0 Å². The number of ether oxygens (including phenoxy) is 2. The SMILES string of the molecule is COc1coc(C#N)c1OC. The summed E-state index contributed by atoms with van der Waals surface area (Å²) in [5.74, 6) is 0.906. The van der Waals surface area contributed by atoms with Crippen molar-refractivity contribution in [2.75, 3.05) is 14.2 Å². The van der Waals surface area contributed by atoms with Crippen LogP contribution in [0.15, 0.2) is 10.7 Å². The van der Waals surface area contributed by atoms with E-state index in [0.717, 1.165) is 0 Å². The Morgan fingerprint density at radius 1 is 1.45 bits per heavy atom. The van der Waals surface area contributed by atoms with Crippen molar-refractivity contribution in [3.05, 3.63) is 12.0 Å². The average Bonchev–Trinajstić information content (AvgIpc) is 2.45. The van der Waals surface area contributed by atoms with Crippen LogP contribution in [-0.4, -0.2) is 14.2 Å². The van der Waals surface area contributed by atoms with Crippen molar-refractivity contribution in [1.29, 1.82) is 5.26 Å². The van der Waals surface area contributed by atoms with Crippen molar-refractivity contribution < 1.29 is 13.9 Å². The summed E-state index contributed by atoms with van der Waals surface area (Å²) in [6, 6.07) is 1.83. The third-order valence-electron chi connectivity index (χ3n) is 1.24. The molecule has 0 aliphatic rings. The van der Waals surface area contributed by atoms with Crippen LogP contribution in [0.4, 0.5) is 0 Å². The molecule has 0 aliphatic heterocycles. The minimum atomic E-state index is 0.129. The maximum Gasteiger partial charge on any atom is 0.249 e. The Bertz CT molecular complexity index is 284. The molecular weight excluding hydrogens is 146 g/mol. The first kappa shape index (κ1) is 7.48. The van der Waals surface area contributed by atoms with E-state index >= 15 is 0 Å². The van der Waals surface area contributed by atoms with E-state index in [2.05, 4.69) is 0 Å². The number of hydrogen-bond donors (Lipinski definition) is 0. The Balaban J connectivity index is 3.12. The van der Waals surface area contributed by atoms with Crippen LogP contribution in [0.25, 0.3) is 0 Å². The fraction of sp³-hybridized carbons (Fsp3) is 0.286. The molecule has 0 saturated heterocycles. The van der Waals surface area contributed by atoms with Crippen molar-refractivity contribution in [1.82, 2.24) is 0 Å². The molecule has 0 aromatic carbocycles. The van der Waals surface area contributed by atoms with Crippen molar-refractivity contribution in [2.45, 2.75) is 0 Å². The first-order valence-electron chi connectivity index (χ1n) is 2.93. The van der Waals surface area contributed by atoms with Gasteiger partial charge in [0.15, 0.2) is 0 Å². The van der Waals surface area contributed by atoms with E-state index in [0.29, 0.717) is 11.5 Å². The van der Waals surface area contributed by atoms with Crippen molar-refractivity contribution in [2.24, 2.45) is 0 Å². The van der Waals surface area contributed by atoms with Gasteiger partial charge in [0.05, 0.1) is 14.2 Å². The lowest BCUT2D eigenvalue weighted by Gasteiger charge is -1.97. The molecule has 0 fully saturated rings. The molecule has 0 unspecified atom stereocenters. The van der Waals surface area contributed by atoms with Crippen molar-refractivity contribution in [3.8, 4) is 17.6 Å². The van der Waals surface area contributed by atoms with E-state index in [-0.39, 0.29) is 5.76 Å². The summed E-state index contributed by atoms with van der Waals surface area (Å²) in [5.41, 5.74) is 0. The van der Waals surface area contributed by atoms with Crippen LogP contribution in [0.3, 0.4) is 0 Å². The van der Waals surface area contributed by atoms with Gasteiger partial charge in [0, 0.05) is 0 Å². The van der Waals surface area contributed by atoms with Crippen molar-refractivity contribution >= 4 is 0 Å². The van der Waals surface area contributed by atoms with Gasteiger partial charge >= 0.3 is 0 Å². The second kappa shape index (κ2) is 2.97. The van der Waals surface area contributed by atoms with Crippen LogP contribution in [0, 0.1) is 11.3 Å². The number of methoxy groups -OCH3 is 2. The third kappa shape index (κ3) is 1.13. The van der Waals surface area contributed by atoms with E-state index in [4.69, 9.17) is 19.2 Å². The Labute approximate surface area is 63.9 Å². The molecule has 1 rings (SSSR count). The standard InChI is InChI=1S/C7H7NO3/c1-9-6-4-11-5(3-8)7(6)10-2/h4H,1-2H3. The zero-order valence-corrected chi connectivity index (χ0v) is 6.25. The molecule has 0 saturated carbocycles. The topological polar surface area (TPSA) is 55.4 Å².